The average molecular weight is 783 g/mol. The van der Waals surface area contributed by atoms with Crippen LogP contribution in [-0.2, 0) is 0 Å². The number of rotatable bonds is 5. The monoisotopic (exact) mass is 782 g/mol. The van der Waals surface area contributed by atoms with Crippen LogP contribution in [0.2, 0.25) is 0 Å². The van der Waals surface area contributed by atoms with Gasteiger partial charge in [0.1, 0.15) is 0 Å². The second kappa shape index (κ2) is 13.7. The topological polar surface area (TPSA) is 0 Å². The first-order valence-electron chi connectivity index (χ1n) is 21.6. The maximum atomic E-state index is 2.41. The minimum atomic E-state index is 1.21. The van der Waals surface area contributed by atoms with E-state index in [2.05, 4.69) is 231 Å². The Balaban J connectivity index is 1.17. The largest absolute Gasteiger partial charge is 0.0622 e. The molecule has 0 unspecified atom stereocenters. The lowest BCUT2D eigenvalue weighted by Crippen LogP contribution is -1.96. The van der Waals surface area contributed by atoms with Crippen molar-refractivity contribution in [2.45, 2.75) is 0 Å². The molecule has 0 amide bonds. The minimum Gasteiger partial charge on any atom is -0.0622 e. The van der Waals surface area contributed by atoms with Crippen LogP contribution in [-0.4, -0.2) is 0 Å². The first-order chi connectivity index (χ1) is 30.8. The normalized spacial score (nSPS) is 11.9. The quantitative estimate of drug-likeness (QED) is 0.120. The number of fused-ring (bicyclic) bond motifs is 7. The Hall–Kier alpha value is -8.06. The van der Waals surface area contributed by atoms with E-state index < -0.39 is 0 Å². The smallest absolute Gasteiger partial charge is 0.000740 e. The molecular formula is C62H38. The summed E-state index contributed by atoms with van der Waals surface area (Å²) in [5.41, 5.74) is 12.4. The molecule has 286 valence electrons. The van der Waals surface area contributed by atoms with Crippen molar-refractivity contribution >= 4 is 75.4 Å². The Morgan fingerprint density at radius 1 is 0.145 bits per heavy atom. The molecule has 0 aliphatic carbocycles. The summed E-state index contributed by atoms with van der Waals surface area (Å²) >= 11 is 0. The third kappa shape index (κ3) is 5.01. The van der Waals surface area contributed by atoms with Gasteiger partial charge in [0.25, 0.3) is 0 Å². The van der Waals surface area contributed by atoms with Crippen molar-refractivity contribution < 1.29 is 0 Å². The van der Waals surface area contributed by atoms with Gasteiger partial charge < -0.3 is 0 Å². The van der Waals surface area contributed by atoms with Crippen LogP contribution in [0.25, 0.3) is 131 Å². The van der Waals surface area contributed by atoms with Gasteiger partial charge in [0, 0.05) is 0 Å². The lowest BCUT2D eigenvalue weighted by Gasteiger charge is -2.23. The molecule has 0 aliphatic rings. The Bertz CT molecular complexity index is 3820. The maximum absolute atomic E-state index is 2.41. The van der Waals surface area contributed by atoms with Gasteiger partial charge >= 0.3 is 0 Å². The summed E-state index contributed by atoms with van der Waals surface area (Å²) < 4.78 is 0. The lowest BCUT2D eigenvalue weighted by molar-refractivity contribution is 1.57. The van der Waals surface area contributed by atoms with Gasteiger partial charge in [-0.15, -0.1) is 0 Å². The van der Waals surface area contributed by atoms with E-state index in [4.69, 9.17) is 0 Å². The molecule has 0 saturated heterocycles. The SMILES string of the molecule is c1ccc(-c2cccc(-c3ccccc3)c2-c2ccc(-c3c4ccccc4c4c5c3cccc5c3cccc5c(-c6ccccc6)c6ccccc6c4c53)c3ccccc23)cc1. The summed E-state index contributed by atoms with van der Waals surface area (Å²) in [6, 6.07) is 85.5. The fourth-order valence-corrected chi connectivity index (χ4v) is 10.9. The van der Waals surface area contributed by atoms with E-state index in [-0.39, 0.29) is 0 Å². The molecule has 0 radical (unpaired) electrons. The molecule has 0 N–H and O–H groups in total. The van der Waals surface area contributed by atoms with Crippen LogP contribution in [0, 0.1) is 0 Å². The molecule has 0 nitrogen and oxygen atoms in total. The zero-order chi connectivity index (χ0) is 40.7. The van der Waals surface area contributed by atoms with Crippen LogP contribution < -0.4 is 0 Å². The summed E-state index contributed by atoms with van der Waals surface area (Å²) in [5, 5.41) is 18.1. The number of hydrogen-bond donors (Lipinski definition) is 0. The summed E-state index contributed by atoms with van der Waals surface area (Å²) in [5.74, 6) is 0. The van der Waals surface area contributed by atoms with Gasteiger partial charge in [-0.2, -0.15) is 0 Å². The molecule has 0 fully saturated rings. The fraction of sp³-hybridized carbons (Fsp3) is 0. The van der Waals surface area contributed by atoms with E-state index in [1.54, 1.807) is 0 Å². The van der Waals surface area contributed by atoms with E-state index in [9.17, 15) is 0 Å². The van der Waals surface area contributed by atoms with E-state index in [1.807, 2.05) is 0 Å². The second-order valence-electron chi connectivity index (χ2n) is 16.6. The van der Waals surface area contributed by atoms with Crippen LogP contribution in [0.15, 0.2) is 231 Å². The molecule has 0 aliphatic heterocycles. The van der Waals surface area contributed by atoms with Crippen molar-refractivity contribution in [3.8, 4) is 55.6 Å². The molecular weight excluding hydrogens is 745 g/mol. The van der Waals surface area contributed by atoms with Crippen molar-refractivity contribution in [2.24, 2.45) is 0 Å². The van der Waals surface area contributed by atoms with Crippen molar-refractivity contribution in [1.82, 2.24) is 0 Å². The molecule has 13 rings (SSSR count). The van der Waals surface area contributed by atoms with Gasteiger partial charge in [-0.1, -0.05) is 231 Å². The summed E-state index contributed by atoms with van der Waals surface area (Å²) in [6.45, 7) is 0. The number of benzene rings is 13. The maximum Gasteiger partial charge on any atom is -0.000740 e. The van der Waals surface area contributed by atoms with Crippen molar-refractivity contribution in [2.75, 3.05) is 0 Å². The molecule has 0 heteroatoms. The second-order valence-corrected chi connectivity index (χ2v) is 16.6. The van der Waals surface area contributed by atoms with Gasteiger partial charge in [0.15, 0.2) is 0 Å². The zero-order valence-electron chi connectivity index (χ0n) is 33.9. The predicted molar refractivity (Wildman–Crippen MR) is 267 cm³/mol. The molecule has 0 heterocycles. The van der Waals surface area contributed by atoms with Gasteiger partial charge in [0.05, 0.1) is 0 Å². The summed E-state index contributed by atoms with van der Waals surface area (Å²) in [6.07, 6.45) is 0. The lowest BCUT2D eigenvalue weighted by atomic mass is 9.79. The van der Waals surface area contributed by atoms with Crippen molar-refractivity contribution in [3.05, 3.63) is 231 Å². The highest BCUT2D eigenvalue weighted by Gasteiger charge is 2.25. The van der Waals surface area contributed by atoms with Gasteiger partial charge in [0.2, 0.25) is 0 Å². The van der Waals surface area contributed by atoms with Crippen molar-refractivity contribution in [3.63, 3.8) is 0 Å². The average Bonchev–Trinajstić information content (AvgIpc) is 3.35. The molecule has 13 aromatic carbocycles. The third-order valence-corrected chi connectivity index (χ3v) is 13.4. The van der Waals surface area contributed by atoms with Crippen LogP contribution in [0.3, 0.4) is 0 Å². The highest BCUT2D eigenvalue weighted by molar-refractivity contribution is 6.45. The Morgan fingerprint density at radius 2 is 0.468 bits per heavy atom. The fourth-order valence-electron chi connectivity index (χ4n) is 10.9. The molecule has 0 atom stereocenters. The minimum absolute atomic E-state index is 1.21. The van der Waals surface area contributed by atoms with Crippen molar-refractivity contribution in [1.29, 1.82) is 0 Å². The number of hydrogen-bond acceptors (Lipinski definition) is 0. The van der Waals surface area contributed by atoms with Gasteiger partial charge in [-0.05, 0) is 131 Å². The van der Waals surface area contributed by atoms with Crippen LogP contribution in [0.1, 0.15) is 0 Å². The van der Waals surface area contributed by atoms with E-state index in [0.29, 0.717) is 0 Å². The molecule has 62 heavy (non-hydrogen) atoms. The van der Waals surface area contributed by atoms with Gasteiger partial charge in [-0.25, -0.2) is 0 Å². The molecule has 0 saturated carbocycles. The summed E-state index contributed by atoms with van der Waals surface area (Å²) in [4.78, 5) is 0. The zero-order valence-corrected chi connectivity index (χ0v) is 33.9. The van der Waals surface area contributed by atoms with E-state index >= 15 is 0 Å². The van der Waals surface area contributed by atoms with E-state index in [0.717, 1.165) is 0 Å². The predicted octanol–water partition coefficient (Wildman–Crippen LogP) is 17.5. The Kier molecular flexibility index (Phi) is 7.71. The van der Waals surface area contributed by atoms with Crippen LogP contribution in [0.5, 0.6) is 0 Å². The molecule has 0 spiro atoms. The highest BCUT2D eigenvalue weighted by atomic mass is 14.3. The molecule has 13 aromatic rings. The van der Waals surface area contributed by atoms with E-state index in [1.165, 1.54) is 131 Å². The molecule has 0 aromatic heterocycles. The standard InChI is InChI=1S/C62H38/c1-4-19-39(20-5-1)42-31-16-32-43(40-21-6-2-7-22-40)57(42)52-37-38-53(45-26-11-10-25-44(45)52)58-47-28-13-15-30-51(47)62-60-49(34-18-36-55(58)60)48-33-17-35-54-56(41-23-8-3-9-24-41)46-27-12-14-29-50(46)61(62)59(48)54/h1-38H. The first kappa shape index (κ1) is 34.8. The Labute approximate surface area is 359 Å². The summed E-state index contributed by atoms with van der Waals surface area (Å²) in [7, 11) is 0. The third-order valence-electron chi connectivity index (χ3n) is 13.4. The first-order valence-corrected chi connectivity index (χ1v) is 21.6. The molecule has 0 bridgehead atoms. The van der Waals surface area contributed by atoms with Crippen LogP contribution >= 0.6 is 0 Å². The van der Waals surface area contributed by atoms with Crippen LogP contribution in [0.4, 0.5) is 0 Å². The Morgan fingerprint density at radius 3 is 0.968 bits per heavy atom. The van der Waals surface area contributed by atoms with Gasteiger partial charge in [-0.3, -0.25) is 0 Å². The highest BCUT2D eigenvalue weighted by Crippen LogP contribution is 2.53.